The molecule has 0 bridgehead atoms. The van der Waals surface area contributed by atoms with E-state index in [2.05, 4.69) is 21.0 Å². The Kier molecular flexibility index (Phi) is 2.77. The number of hydrogen-bond donors (Lipinski definition) is 0. The molecule has 0 aliphatic heterocycles. The summed E-state index contributed by atoms with van der Waals surface area (Å²) < 4.78 is 2.84. The van der Waals surface area contributed by atoms with E-state index in [0.29, 0.717) is 0 Å². The molecule has 0 aliphatic carbocycles. The van der Waals surface area contributed by atoms with Crippen LogP contribution in [-0.4, -0.2) is 23.9 Å². The second-order valence-electron chi connectivity index (χ2n) is 3.46. The summed E-state index contributed by atoms with van der Waals surface area (Å²) in [5, 5.41) is 4.34. The van der Waals surface area contributed by atoms with E-state index in [1.54, 1.807) is 0 Å². The molecule has 0 saturated heterocycles. The summed E-state index contributed by atoms with van der Waals surface area (Å²) in [4.78, 5) is 2.02. The highest BCUT2D eigenvalue weighted by Crippen LogP contribution is 2.26. The highest BCUT2D eigenvalue weighted by atomic mass is 79.9. The van der Waals surface area contributed by atoms with Gasteiger partial charge in [-0.2, -0.15) is 5.10 Å². The molecule has 15 heavy (non-hydrogen) atoms. The van der Waals surface area contributed by atoms with Crippen molar-refractivity contribution in [3.63, 3.8) is 0 Å². The molecule has 0 unspecified atom stereocenters. The Bertz CT molecular complexity index is 448. The summed E-state index contributed by atoms with van der Waals surface area (Å²) in [5.41, 5.74) is 2.12. The maximum absolute atomic E-state index is 4.34. The zero-order valence-electron chi connectivity index (χ0n) is 8.68. The maximum Gasteiger partial charge on any atom is 0.133 e. The molecule has 78 valence electrons. The molecule has 0 spiro atoms. The summed E-state index contributed by atoms with van der Waals surface area (Å²) in [6.45, 7) is 0. The molecule has 0 aliphatic rings. The van der Waals surface area contributed by atoms with Gasteiger partial charge in [0, 0.05) is 14.1 Å². The van der Waals surface area contributed by atoms with Crippen molar-refractivity contribution in [2.75, 3.05) is 19.0 Å². The van der Waals surface area contributed by atoms with Crippen LogP contribution in [0.25, 0.3) is 5.69 Å². The van der Waals surface area contributed by atoms with Crippen molar-refractivity contribution in [2.45, 2.75) is 0 Å². The molecule has 2 rings (SSSR count). The van der Waals surface area contributed by atoms with Gasteiger partial charge < -0.3 is 4.90 Å². The Morgan fingerprint density at radius 3 is 2.40 bits per heavy atom. The van der Waals surface area contributed by atoms with Gasteiger partial charge in [0.1, 0.15) is 4.60 Å². The Morgan fingerprint density at radius 2 is 1.87 bits per heavy atom. The monoisotopic (exact) mass is 265 g/mol. The summed E-state index contributed by atoms with van der Waals surface area (Å²) in [6, 6.07) is 10.0. The number of anilines is 1. The third-order valence-corrected chi connectivity index (χ3v) is 2.92. The fourth-order valence-corrected chi connectivity index (χ4v) is 2.13. The molecule has 0 fully saturated rings. The summed E-state index contributed by atoms with van der Waals surface area (Å²) in [6.07, 6.45) is 1.84. The lowest BCUT2D eigenvalue weighted by Gasteiger charge is -2.10. The van der Waals surface area contributed by atoms with Gasteiger partial charge in [0.05, 0.1) is 17.6 Å². The normalized spacial score (nSPS) is 10.3. The predicted octanol–water partition coefficient (Wildman–Crippen LogP) is 2.70. The lowest BCUT2D eigenvalue weighted by molar-refractivity contribution is 0.860. The molecule has 0 saturated carbocycles. The minimum absolute atomic E-state index is 0.971. The number of rotatable bonds is 2. The van der Waals surface area contributed by atoms with E-state index in [0.717, 1.165) is 16.0 Å². The summed E-state index contributed by atoms with van der Waals surface area (Å²) in [7, 11) is 3.99. The lowest BCUT2D eigenvalue weighted by atomic mass is 10.3. The second-order valence-corrected chi connectivity index (χ2v) is 4.21. The van der Waals surface area contributed by atoms with Gasteiger partial charge in [-0.3, -0.25) is 0 Å². The third-order valence-electron chi connectivity index (χ3n) is 2.18. The van der Waals surface area contributed by atoms with Crippen LogP contribution in [0.1, 0.15) is 0 Å². The Labute approximate surface area is 97.5 Å². The van der Waals surface area contributed by atoms with Crippen LogP contribution >= 0.6 is 15.9 Å². The first-order valence-corrected chi connectivity index (χ1v) is 5.45. The minimum Gasteiger partial charge on any atom is -0.374 e. The molecule has 0 radical (unpaired) electrons. The molecular weight excluding hydrogens is 254 g/mol. The lowest BCUT2D eigenvalue weighted by Crippen LogP contribution is -2.08. The molecule has 1 aromatic carbocycles. The van der Waals surface area contributed by atoms with Crippen LogP contribution in [0.5, 0.6) is 0 Å². The molecule has 0 atom stereocenters. The largest absolute Gasteiger partial charge is 0.374 e. The molecule has 1 aromatic heterocycles. The van der Waals surface area contributed by atoms with Gasteiger partial charge in [-0.25, -0.2) is 4.68 Å². The van der Waals surface area contributed by atoms with Gasteiger partial charge in [-0.15, -0.1) is 0 Å². The van der Waals surface area contributed by atoms with Gasteiger partial charge >= 0.3 is 0 Å². The smallest absolute Gasteiger partial charge is 0.133 e. The second kappa shape index (κ2) is 4.06. The van der Waals surface area contributed by atoms with Crippen LogP contribution in [-0.2, 0) is 0 Å². The quantitative estimate of drug-likeness (QED) is 0.833. The van der Waals surface area contributed by atoms with Crippen molar-refractivity contribution >= 4 is 21.6 Å². The van der Waals surface area contributed by atoms with E-state index in [1.165, 1.54) is 0 Å². The number of benzene rings is 1. The van der Waals surface area contributed by atoms with Gasteiger partial charge in [0.2, 0.25) is 0 Å². The molecule has 1 heterocycles. The first kappa shape index (κ1) is 10.2. The van der Waals surface area contributed by atoms with Crippen LogP contribution in [0.2, 0.25) is 0 Å². The van der Waals surface area contributed by atoms with Gasteiger partial charge in [0.25, 0.3) is 0 Å². The average Bonchev–Trinajstić information content (AvgIpc) is 2.61. The van der Waals surface area contributed by atoms with Crippen molar-refractivity contribution in [1.82, 2.24) is 9.78 Å². The molecule has 0 amide bonds. The fourth-order valence-electron chi connectivity index (χ4n) is 1.37. The molecule has 0 N–H and O–H groups in total. The van der Waals surface area contributed by atoms with Gasteiger partial charge in [-0.05, 0) is 28.1 Å². The van der Waals surface area contributed by atoms with Crippen LogP contribution < -0.4 is 4.90 Å². The number of aromatic nitrogens is 2. The van der Waals surface area contributed by atoms with E-state index in [-0.39, 0.29) is 0 Å². The first-order chi connectivity index (χ1) is 7.20. The van der Waals surface area contributed by atoms with Gasteiger partial charge in [-0.1, -0.05) is 18.2 Å². The summed E-state index contributed by atoms with van der Waals surface area (Å²) in [5.74, 6) is 0. The van der Waals surface area contributed by atoms with E-state index in [1.807, 2.05) is 60.2 Å². The highest BCUT2D eigenvalue weighted by Gasteiger charge is 2.10. The van der Waals surface area contributed by atoms with Crippen LogP contribution in [0.4, 0.5) is 5.69 Å². The average molecular weight is 266 g/mol. The molecule has 3 nitrogen and oxygen atoms in total. The fraction of sp³-hybridized carbons (Fsp3) is 0.182. The van der Waals surface area contributed by atoms with E-state index in [9.17, 15) is 0 Å². The predicted molar refractivity (Wildman–Crippen MR) is 65.6 cm³/mol. The van der Waals surface area contributed by atoms with Crippen molar-refractivity contribution in [3.8, 4) is 5.69 Å². The van der Waals surface area contributed by atoms with Crippen LogP contribution in [0.3, 0.4) is 0 Å². The zero-order valence-corrected chi connectivity index (χ0v) is 10.3. The standard InChI is InChI=1S/C11H12BrN3/c1-14(2)10-8-13-15(11(10)12)9-6-4-3-5-7-9/h3-8H,1-2H3. The topological polar surface area (TPSA) is 21.1 Å². The van der Waals surface area contributed by atoms with Gasteiger partial charge in [0.15, 0.2) is 0 Å². The number of para-hydroxylation sites is 1. The number of hydrogen-bond acceptors (Lipinski definition) is 2. The highest BCUT2D eigenvalue weighted by molar-refractivity contribution is 9.10. The Morgan fingerprint density at radius 1 is 1.20 bits per heavy atom. The molecule has 4 heteroatoms. The van der Waals surface area contributed by atoms with Crippen LogP contribution in [0, 0.1) is 0 Å². The first-order valence-electron chi connectivity index (χ1n) is 4.66. The van der Waals surface area contributed by atoms with E-state index < -0.39 is 0 Å². The summed E-state index contributed by atoms with van der Waals surface area (Å²) >= 11 is 3.55. The molecular formula is C11H12BrN3. The Hall–Kier alpha value is -1.29. The number of halogens is 1. The zero-order chi connectivity index (χ0) is 10.8. The van der Waals surface area contributed by atoms with Crippen molar-refractivity contribution in [1.29, 1.82) is 0 Å². The maximum atomic E-state index is 4.34. The van der Waals surface area contributed by atoms with E-state index >= 15 is 0 Å². The Balaban J connectivity index is 2.47. The van der Waals surface area contributed by atoms with Crippen molar-refractivity contribution in [3.05, 3.63) is 41.1 Å². The third kappa shape index (κ3) is 1.90. The SMILES string of the molecule is CN(C)c1cnn(-c2ccccc2)c1Br. The van der Waals surface area contributed by atoms with Crippen LogP contribution in [0.15, 0.2) is 41.1 Å². The minimum atomic E-state index is 0.971. The van der Waals surface area contributed by atoms with E-state index in [4.69, 9.17) is 0 Å². The van der Waals surface area contributed by atoms with Crippen molar-refractivity contribution in [2.24, 2.45) is 0 Å². The van der Waals surface area contributed by atoms with Crippen molar-refractivity contribution < 1.29 is 0 Å². The molecule has 2 aromatic rings. The number of nitrogens with zero attached hydrogens (tertiary/aromatic N) is 3.